The van der Waals surface area contributed by atoms with Crippen molar-refractivity contribution in [1.29, 1.82) is 0 Å². The van der Waals surface area contributed by atoms with E-state index in [1.54, 1.807) is 6.07 Å². The molecule has 14 heteroatoms. The third-order valence-electron chi connectivity index (χ3n) is 8.93. The van der Waals surface area contributed by atoms with Crippen molar-refractivity contribution in [3.63, 3.8) is 0 Å². The molecule has 272 valence electrons. The van der Waals surface area contributed by atoms with E-state index in [0.29, 0.717) is 27.5 Å². The van der Waals surface area contributed by atoms with Gasteiger partial charge in [-0.2, -0.15) is 8.42 Å². The van der Waals surface area contributed by atoms with Gasteiger partial charge in [-0.3, -0.25) is 8.98 Å². The van der Waals surface area contributed by atoms with E-state index in [1.807, 2.05) is 48.6 Å². The molecule has 0 bridgehead atoms. The number of aliphatic hydroxyl groups is 1. The summed E-state index contributed by atoms with van der Waals surface area (Å²) >= 11 is 1.91. The second-order valence-corrected chi connectivity index (χ2v) is 15.5. The Morgan fingerprint density at radius 2 is 1.60 bits per heavy atom. The SMILES string of the molecule is CCCc1cc(CCC)c(S(=O)(=O)OCC(C2OCCO2)C2(O)CN(C(=O)c3ccc(F)c(F)c3Nc3ccc(I)cc3F)C2)c(CCC)c1. The fourth-order valence-corrected chi connectivity index (χ4v) is 8.41. The van der Waals surface area contributed by atoms with Gasteiger partial charge in [0.25, 0.3) is 16.0 Å². The van der Waals surface area contributed by atoms with Crippen LogP contribution in [0, 0.1) is 26.9 Å². The Bertz CT molecular complexity index is 1790. The molecule has 2 N–H and O–H groups in total. The van der Waals surface area contributed by atoms with Crippen molar-refractivity contribution < 1.29 is 45.1 Å². The molecule has 0 radical (unpaired) electrons. The molecule has 0 aliphatic carbocycles. The topological polar surface area (TPSA) is 114 Å². The fourth-order valence-electron chi connectivity index (χ4n) is 6.55. The number of carbonyl (C=O) groups is 1. The van der Waals surface area contributed by atoms with Crippen molar-refractivity contribution in [2.75, 3.05) is 38.2 Å². The summed E-state index contributed by atoms with van der Waals surface area (Å²) in [4.78, 5) is 15.0. The van der Waals surface area contributed by atoms with Crippen molar-refractivity contribution >= 4 is 50.0 Å². The van der Waals surface area contributed by atoms with Gasteiger partial charge in [0.15, 0.2) is 17.9 Å². The monoisotopic (exact) mass is 830 g/mol. The molecule has 5 rings (SSSR count). The molecule has 2 fully saturated rings. The van der Waals surface area contributed by atoms with Gasteiger partial charge in [0.05, 0.1) is 55.8 Å². The predicted molar refractivity (Wildman–Crippen MR) is 190 cm³/mol. The van der Waals surface area contributed by atoms with Crippen LogP contribution in [-0.4, -0.2) is 69.1 Å². The normalized spacial score (nSPS) is 16.8. The third kappa shape index (κ3) is 8.31. The molecule has 9 nitrogen and oxygen atoms in total. The van der Waals surface area contributed by atoms with E-state index in [1.165, 1.54) is 17.0 Å². The van der Waals surface area contributed by atoms with Crippen molar-refractivity contribution in [2.24, 2.45) is 5.92 Å². The van der Waals surface area contributed by atoms with Crippen LogP contribution in [0.3, 0.4) is 0 Å². The third-order valence-corrected chi connectivity index (χ3v) is 11.1. The molecule has 2 aliphatic rings. The van der Waals surface area contributed by atoms with Gasteiger partial charge in [0.1, 0.15) is 16.3 Å². The fraction of sp³-hybridized carbons (Fsp3) is 0.472. The Labute approximate surface area is 304 Å². The average molecular weight is 831 g/mol. The largest absolute Gasteiger partial charge is 0.386 e. The Morgan fingerprint density at radius 1 is 0.980 bits per heavy atom. The lowest BCUT2D eigenvalue weighted by atomic mass is 9.80. The van der Waals surface area contributed by atoms with E-state index in [9.17, 15) is 27.1 Å². The first-order valence-corrected chi connectivity index (χ1v) is 19.3. The van der Waals surface area contributed by atoms with E-state index in [-0.39, 0.29) is 42.4 Å². The Hall–Kier alpha value is -2.76. The number of hydrogen-bond donors (Lipinski definition) is 2. The zero-order valence-corrected chi connectivity index (χ0v) is 31.2. The molecule has 0 saturated carbocycles. The van der Waals surface area contributed by atoms with Crippen LogP contribution in [0.1, 0.15) is 67.1 Å². The van der Waals surface area contributed by atoms with E-state index < -0.39 is 63.6 Å². The lowest BCUT2D eigenvalue weighted by Crippen LogP contribution is -2.69. The van der Waals surface area contributed by atoms with Crippen molar-refractivity contribution in [1.82, 2.24) is 4.90 Å². The first-order valence-electron chi connectivity index (χ1n) is 16.8. The first kappa shape index (κ1) is 38.5. The summed E-state index contributed by atoms with van der Waals surface area (Å²) in [5.74, 6) is -5.14. The van der Waals surface area contributed by atoms with E-state index in [2.05, 4.69) is 12.2 Å². The molecule has 1 amide bonds. The van der Waals surface area contributed by atoms with Crippen LogP contribution in [0.25, 0.3) is 0 Å². The number of halogens is 4. The van der Waals surface area contributed by atoms with Crippen molar-refractivity contribution in [2.45, 2.75) is 76.1 Å². The molecule has 3 aromatic carbocycles. The number of nitrogens with one attached hydrogen (secondary N) is 1. The Kier molecular flexibility index (Phi) is 12.5. The molecular formula is C36H42F3IN2O7S. The molecule has 3 aromatic rings. The molecule has 2 aliphatic heterocycles. The number of aryl methyl sites for hydroxylation is 3. The molecule has 0 spiro atoms. The molecule has 2 heterocycles. The number of ether oxygens (including phenoxy) is 2. The number of hydrogen-bond acceptors (Lipinski definition) is 8. The summed E-state index contributed by atoms with van der Waals surface area (Å²) in [6.45, 7) is 5.34. The van der Waals surface area contributed by atoms with Gasteiger partial charge in [-0.1, -0.05) is 52.2 Å². The van der Waals surface area contributed by atoms with Crippen LogP contribution in [0.5, 0.6) is 0 Å². The average Bonchev–Trinajstić information content (AvgIpc) is 3.58. The number of benzene rings is 3. The van der Waals surface area contributed by atoms with Crippen molar-refractivity contribution in [3.05, 3.63) is 85.7 Å². The lowest BCUT2D eigenvalue weighted by molar-refractivity contribution is -0.201. The second kappa shape index (κ2) is 16.3. The van der Waals surface area contributed by atoms with Crippen molar-refractivity contribution in [3.8, 4) is 0 Å². The zero-order chi connectivity index (χ0) is 36.2. The Balaban J connectivity index is 1.38. The van der Waals surface area contributed by atoms with Crippen LogP contribution in [0.4, 0.5) is 24.5 Å². The van der Waals surface area contributed by atoms with Crippen LogP contribution in [0.15, 0.2) is 47.4 Å². The summed E-state index contributed by atoms with van der Waals surface area (Å²) in [5, 5.41) is 14.3. The number of amides is 1. The van der Waals surface area contributed by atoms with E-state index in [0.717, 1.165) is 43.4 Å². The maximum absolute atomic E-state index is 15.1. The highest BCUT2D eigenvalue weighted by Gasteiger charge is 2.54. The van der Waals surface area contributed by atoms with Crippen LogP contribution >= 0.6 is 22.6 Å². The minimum atomic E-state index is -4.31. The highest BCUT2D eigenvalue weighted by Crippen LogP contribution is 2.38. The summed E-state index contributed by atoms with van der Waals surface area (Å²) in [5.41, 5.74) is -0.277. The van der Waals surface area contributed by atoms with Gasteiger partial charge in [0.2, 0.25) is 0 Å². The summed E-state index contributed by atoms with van der Waals surface area (Å²) in [6, 6.07) is 9.83. The zero-order valence-electron chi connectivity index (χ0n) is 28.2. The molecule has 1 unspecified atom stereocenters. The predicted octanol–water partition coefficient (Wildman–Crippen LogP) is 6.89. The van der Waals surface area contributed by atoms with Gasteiger partial charge >= 0.3 is 0 Å². The quantitative estimate of drug-likeness (QED) is 0.126. The smallest absolute Gasteiger partial charge is 0.297 e. The number of likely N-dealkylation sites (tertiary alicyclic amines) is 1. The highest BCUT2D eigenvalue weighted by molar-refractivity contribution is 14.1. The number of anilines is 2. The summed E-state index contributed by atoms with van der Waals surface area (Å²) in [6.07, 6.45) is 3.27. The maximum Gasteiger partial charge on any atom is 0.297 e. The maximum atomic E-state index is 15.1. The molecule has 1 atom stereocenters. The Morgan fingerprint density at radius 3 is 2.18 bits per heavy atom. The minimum Gasteiger partial charge on any atom is -0.386 e. The number of rotatable bonds is 15. The van der Waals surface area contributed by atoms with E-state index in [4.69, 9.17) is 13.7 Å². The van der Waals surface area contributed by atoms with Gasteiger partial charge in [0, 0.05) is 3.57 Å². The number of β-amino-alcohol motifs (C(OH)–C–C–N with tert-alkyl or cyclic N) is 1. The second-order valence-electron chi connectivity index (χ2n) is 12.7. The number of nitrogens with zero attached hydrogens (tertiary/aromatic N) is 1. The van der Waals surface area contributed by atoms with Crippen LogP contribution in [0.2, 0.25) is 0 Å². The molecular weight excluding hydrogens is 788 g/mol. The van der Waals surface area contributed by atoms with E-state index >= 15 is 4.39 Å². The van der Waals surface area contributed by atoms with Gasteiger partial charge < -0.3 is 24.8 Å². The first-order chi connectivity index (χ1) is 23.8. The van der Waals surface area contributed by atoms with Gasteiger partial charge in [-0.15, -0.1) is 0 Å². The minimum absolute atomic E-state index is 0.147. The highest BCUT2D eigenvalue weighted by atomic mass is 127. The molecule has 2 saturated heterocycles. The summed E-state index contributed by atoms with van der Waals surface area (Å²) < 4.78 is 89.6. The van der Waals surface area contributed by atoms with Gasteiger partial charge in [-0.25, -0.2) is 13.2 Å². The number of carbonyl (C=O) groups excluding carboxylic acids is 1. The van der Waals surface area contributed by atoms with Crippen LogP contribution < -0.4 is 5.32 Å². The van der Waals surface area contributed by atoms with Gasteiger partial charge in [-0.05, 0) is 88.9 Å². The summed E-state index contributed by atoms with van der Waals surface area (Å²) in [7, 11) is -4.31. The lowest BCUT2D eigenvalue weighted by Gasteiger charge is -2.51. The molecule has 0 aromatic heterocycles. The standard InChI is InChI=1S/C36H42F3IN2O7S/c1-4-7-22-16-23(8-5-2)33(24(17-22)9-6-3)50(45,46)49-19-27(35-47-14-15-48-35)36(44)20-42(21-36)34(43)26-11-12-28(37)31(39)32(26)41-30-13-10-25(40)18-29(30)38/h10-13,16-18,27,35,41,44H,4-9,14-15,19-21H2,1-3H3. The molecule has 50 heavy (non-hydrogen) atoms. The van der Waals surface area contributed by atoms with Crippen LogP contribution in [-0.2, 0) is 43.0 Å².